The van der Waals surface area contributed by atoms with Crippen LogP contribution in [0.15, 0.2) is 0 Å². The van der Waals surface area contributed by atoms with Gasteiger partial charge in [-0.15, -0.1) is 0 Å². The summed E-state index contributed by atoms with van der Waals surface area (Å²) in [7, 11) is -1.32. The van der Waals surface area contributed by atoms with Crippen molar-refractivity contribution in [3.8, 4) is 0 Å². The van der Waals surface area contributed by atoms with Gasteiger partial charge in [0.15, 0.2) is 0 Å². The summed E-state index contributed by atoms with van der Waals surface area (Å²) in [6, 6.07) is 0.470. The highest BCUT2D eigenvalue weighted by atomic mass is 32.2. The Morgan fingerprint density at radius 2 is 2.00 bits per heavy atom. The number of nitrogens with zero attached hydrogens (tertiary/aromatic N) is 2. The maximum absolute atomic E-state index is 11.9. The normalized spacial score (nSPS) is 20.2. The molecule has 1 fully saturated rings. The minimum absolute atomic E-state index is 0.441. The second kappa shape index (κ2) is 7.40. The van der Waals surface area contributed by atoms with Crippen molar-refractivity contribution in [3.05, 3.63) is 0 Å². The molecule has 1 saturated heterocycles. The lowest BCUT2D eigenvalue weighted by molar-refractivity contribution is 0.0724. The molecule has 0 saturated carbocycles. The van der Waals surface area contributed by atoms with Crippen molar-refractivity contribution in [1.29, 1.82) is 0 Å². The van der Waals surface area contributed by atoms with Gasteiger partial charge in [-0.2, -0.15) is 12.7 Å². The van der Waals surface area contributed by atoms with Gasteiger partial charge in [0.05, 0.1) is 13.2 Å². The van der Waals surface area contributed by atoms with Crippen molar-refractivity contribution < 1.29 is 13.2 Å². The van der Waals surface area contributed by atoms with Gasteiger partial charge in [-0.05, 0) is 20.4 Å². The topological polar surface area (TPSA) is 61.9 Å². The molecule has 1 aliphatic rings. The second-order valence-electron chi connectivity index (χ2n) is 4.65. The number of likely N-dealkylation sites (N-methyl/N-ethyl adjacent to an activating group) is 1. The number of rotatable bonds is 7. The van der Waals surface area contributed by atoms with Crippen LogP contribution >= 0.6 is 0 Å². The van der Waals surface area contributed by atoms with Crippen molar-refractivity contribution in [2.75, 3.05) is 46.4 Å². The van der Waals surface area contributed by atoms with E-state index in [-0.39, 0.29) is 0 Å². The van der Waals surface area contributed by atoms with E-state index in [1.165, 1.54) is 4.31 Å². The molecule has 6 nitrogen and oxygen atoms in total. The molecular formula is C11H25N3O3S. The van der Waals surface area contributed by atoms with E-state index in [0.717, 1.165) is 13.0 Å². The van der Waals surface area contributed by atoms with Crippen LogP contribution in [0.2, 0.25) is 0 Å². The van der Waals surface area contributed by atoms with Gasteiger partial charge in [0.25, 0.3) is 10.2 Å². The molecule has 1 unspecified atom stereocenters. The van der Waals surface area contributed by atoms with Crippen LogP contribution in [0.5, 0.6) is 0 Å². The van der Waals surface area contributed by atoms with Crippen LogP contribution in [0.4, 0.5) is 0 Å². The first-order valence-corrected chi connectivity index (χ1v) is 7.94. The third-order valence-electron chi connectivity index (χ3n) is 3.40. The molecular weight excluding hydrogens is 254 g/mol. The summed E-state index contributed by atoms with van der Waals surface area (Å²) in [5.41, 5.74) is 0. The predicted octanol–water partition coefficient (Wildman–Crippen LogP) is -0.117. The average Bonchev–Trinajstić information content (AvgIpc) is 2.38. The van der Waals surface area contributed by atoms with Crippen molar-refractivity contribution in [1.82, 2.24) is 13.9 Å². The first-order valence-electron chi connectivity index (χ1n) is 6.50. The highest BCUT2D eigenvalue weighted by Gasteiger charge is 2.23. The Hall–Kier alpha value is -0.210. The van der Waals surface area contributed by atoms with E-state index in [0.29, 0.717) is 38.9 Å². The molecule has 1 heterocycles. The Morgan fingerprint density at radius 1 is 1.39 bits per heavy atom. The first kappa shape index (κ1) is 15.8. The molecule has 7 heteroatoms. The van der Waals surface area contributed by atoms with Crippen LogP contribution in [0, 0.1) is 0 Å². The molecule has 0 spiro atoms. The molecule has 1 aliphatic heterocycles. The lowest BCUT2D eigenvalue weighted by atomic mass is 10.2. The molecule has 18 heavy (non-hydrogen) atoms. The maximum atomic E-state index is 11.9. The summed E-state index contributed by atoms with van der Waals surface area (Å²) in [6.07, 6.45) is 1.06. The molecule has 0 bridgehead atoms. The van der Waals surface area contributed by atoms with E-state index in [2.05, 4.69) is 23.5 Å². The summed E-state index contributed by atoms with van der Waals surface area (Å²) < 4.78 is 33.1. The molecule has 1 rings (SSSR count). The van der Waals surface area contributed by atoms with Crippen molar-refractivity contribution in [2.45, 2.75) is 26.3 Å². The third-order valence-corrected chi connectivity index (χ3v) is 5.02. The van der Waals surface area contributed by atoms with Gasteiger partial charge >= 0.3 is 0 Å². The summed E-state index contributed by atoms with van der Waals surface area (Å²) in [5.74, 6) is 0. The van der Waals surface area contributed by atoms with E-state index in [1.807, 2.05) is 7.05 Å². The molecule has 0 aliphatic carbocycles. The van der Waals surface area contributed by atoms with Crippen LogP contribution in [-0.2, 0) is 14.9 Å². The van der Waals surface area contributed by atoms with Gasteiger partial charge in [-0.1, -0.05) is 6.92 Å². The third kappa shape index (κ3) is 4.81. The Labute approximate surface area is 110 Å². The van der Waals surface area contributed by atoms with Crippen molar-refractivity contribution in [2.24, 2.45) is 0 Å². The zero-order valence-corrected chi connectivity index (χ0v) is 12.4. The van der Waals surface area contributed by atoms with E-state index in [1.54, 1.807) is 0 Å². The van der Waals surface area contributed by atoms with Crippen LogP contribution < -0.4 is 4.72 Å². The lowest BCUT2D eigenvalue weighted by Crippen LogP contribution is -2.48. The predicted molar refractivity (Wildman–Crippen MR) is 71.7 cm³/mol. The second-order valence-corrected chi connectivity index (χ2v) is 6.40. The molecule has 108 valence electrons. The van der Waals surface area contributed by atoms with Gasteiger partial charge in [0.2, 0.25) is 0 Å². The molecule has 0 aromatic carbocycles. The van der Waals surface area contributed by atoms with Gasteiger partial charge in [0.1, 0.15) is 0 Å². The van der Waals surface area contributed by atoms with E-state index in [4.69, 9.17) is 4.74 Å². The number of morpholine rings is 1. The largest absolute Gasteiger partial charge is 0.379 e. The minimum Gasteiger partial charge on any atom is -0.379 e. The maximum Gasteiger partial charge on any atom is 0.279 e. The van der Waals surface area contributed by atoms with Gasteiger partial charge in [-0.3, -0.25) is 0 Å². The monoisotopic (exact) mass is 279 g/mol. The van der Waals surface area contributed by atoms with Gasteiger partial charge < -0.3 is 9.64 Å². The summed E-state index contributed by atoms with van der Waals surface area (Å²) in [5, 5.41) is 0. The Balaban J connectivity index is 2.33. The van der Waals surface area contributed by atoms with Crippen LogP contribution in [0.3, 0.4) is 0 Å². The van der Waals surface area contributed by atoms with Crippen LogP contribution in [0.1, 0.15) is 20.3 Å². The summed E-state index contributed by atoms with van der Waals surface area (Å²) in [6.45, 7) is 7.27. The van der Waals surface area contributed by atoms with Gasteiger partial charge in [0, 0.05) is 32.2 Å². The fourth-order valence-corrected chi connectivity index (χ4v) is 2.92. The molecule has 0 aromatic heterocycles. The lowest BCUT2D eigenvalue weighted by Gasteiger charge is -2.27. The highest BCUT2D eigenvalue weighted by molar-refractivity contribution is 7.87. The molecule has 0 radical (unpaired) electrons. The van der Waals surface area contributed by atoms with Gasteiger partial charge in [-0.25, -0.2) is 4.72 Å². The summed E-state index contributed by atoms with van der Waals surface area (Å²) >= 11 is 0. The van der Waals surface area contributed by atoms with E-state index < -0.39 is 10.2 Å². The van der Waals surface area contributed by atoms with E-state index >= 15 is 0 Å². The summed E-state index contributed by atoms with van der Waals surface area (Å²) in [4.78, 5) is 2.15. The number of nitrogens with one attached hydrogen (secondary N) is 1. The van der Waals surface area contributed by atoms with E-state index in [9.17, 15) is 8.42 Å². The molecule has 1 N–H and O–H groups in total. The Bertz CT molecular complexity index is 328. The molecule has 0 amide bonds. The Kier molecular flexibility index (Phi) is 6.51. The zero-order chi connectivity index (χ0) is 13.6. The Morgan fingerprint density at radius 3 is 2.56 bits per heavy atom. The van der Waals surface area contributed by atoms with Crippen LogP contribution in [-0.4, -0.2) is 70.1 Å². The SMILES string of the molecule is CCC(C)N(C)CCNS(=O)(=O)N1CCOCC1. The zero-order valence-electron chi connectivity index (χ0n) is 11.6. The number of ether oxygens (including phenoxy) is 1. The number of hydrogen-bond donors (Lipinski definition) is 1. The minimum atomic E-state index is -3.33. The standard InChI is InChI=1S/C11H25N3O3S/c1-4-11(2)13(3)6-5-12-18(15,16)14-7-9-17-10-8-14/h11-12H,4-10H2,1-3H3. The fourth-order valence-electron chi connectivity index (χ4n) is 1.76. The van der Waals surface area contributed by atoms with Crippen LogP contribution in [0.25, 0.3) is 0 Å². The van der Waals surface area contributed by atoms with Crippen molar-refractivity contribution >= 4 is 10.2 Å². The quantitative estimate of drug-likeness (QED) is 0.706. The number of hydrogen-bond acceptors (Lipinski definition) is 4. The smallest absolute Gasteiger partial charge is 0.279 e. The molecule has 1 atom stereocenters. The van der Waals surface area contributed by atoms with Crippen molar-refractivity contribution in [3.63, 3.8) is 0 Å². The molecule has 0 aromatic rings. The first-order chi connectivity index (χ1) is 8.47. The highest BCUT2D eigenvalue weighted by Crippen LogP contribution is 2.03. The fraction of sp³-hybridized carbons (Fsp3) is 1.00. The average molecular weight is 279 g/mol.